The Labute approximate surface area is 247 Å². The Hall–Kier alpha value is -0.930. The molecule has 41 heavy (non-hydrogen) atoms. The summed E-state index contributed by atoms with van der Waals surface area (Å²) in [4.78, 5) is 14.5. The molecule has 6 aliphatic rings. The van der Waals surface area contributed by atoms with E-state index in [0.717, 1.165) is 70.9 Å². The van der Waals surface area contributed by atoms with Crippen LogP contribution in [-0.2, 0) is 9.47 Å². The van der Waals surface area contributed by atoms with Gasteiger partial charge in [0.1, 0.15) is 12.2 Å². The van der Waals surface area contributed by atoms with Crippen molar-refractivity contribution in [3.05, 3.63) is 0 Å². The Morgan fingerprint density at radius 2 is 1.61 bits per heavy atom. The van der Waals surface area contributed by atoms with Gasteiger partial charge in [0.25, 0.3) is 0 Å². The summed E-state index contributed by atoms with van der Waals surface area (Å²) in [7, 11) is 0. The van der Waals surface area contributed by atoms with Crippen molar-refractivity contribution >= 4 is 6.09 Å². The molecule has 234 valence electrons. The number of aliphatic hydroxyl groups is 2. The van der Waals surface area contributed by atoms with Gasteiger partial charge in [0.15, 0.2) is 0 Å². The highest BCUT2D eigenvalue weighted by atomic mass is 16.6. The number of aliphatic hydroxyl groups excluding tert-OH is 2. The summed E-state index contributed by atoms with van der Waals surface area (Å²) in [5.74, 6) is 0.970. The molecule has 0 radical (unpaired) electrons. The second-order valence-corrected chi connectivity index (χ2v) is 16.6. The topological polar surface area (TPSA) is 131 Å². The zero-order chi connectivity index (χ0) is 29.8. The van der Waals surface area contributed by atoms with Crippen LogP contribution in [0.3, 0.4) is 0 Å². The van der Waals surface area contributed by atoms with Crippen LogP contribution in [-0.4, -0.2) is 75.9 Å². The molecule has 8 nitrogen and oxygen atoms in total. The lowest BCUT2D eigenvalue weighted by atomic mass is 9.45. The molecule has 4 saturated carbocycles. The minimum atomic E-state index is -0.992. The first kappa shape index (κ1) is 30.1. The van der Waals surface area contributed by atoms with Crippen LogP contribution >= 0.6 is 0 Å². The van der Waals surface area contributed by atoms with Crippen LogP contribution in [0.2, 0.25) is 0 Å². The van der Waals surface area contributed by atoms with Crippen molar-refractivity contribution in [2.75, 3.05) is 13.1 Å². The zero-order valence-electron chi connectivity index (χ0n) is 26.4. The van der Waals surface area contributed by atoms with Crippen molar-refractivity contribution in [2.24, 2.45) is 51.4 Å². The average molecular weight is 576 g/mol. The summed E-state index contributed by atoms with van der Waals surface area (Å²) in [6, 6.07) is 0. The fourth-order valence-electron chi connectivity index (χ4n) is 11.1. The lowest BCUT2D eigenvalue weighted by Crippen LogP contribution is -2.79. The van der Waals surface area contributed by atoms with Crippen molar-refractivity contribution in [1.82, 2.24) is 4.90 Å². The molecule has 12 atom stereocenters. The van der Waals surface area contributed by atoms with Crippen molar-refractivity contribution in [3.8, 4) is 0 Å². The third kappa shape index (κ3) is 4.20. The van der Waals surface area contributed by atoms with Gasteiger partial charge in [-0.2, -0.15) is 0 Å². The van der Waals surface area contributed by atoms with Gasteiger partial charge in [-0.3, -0.25) is 0 Å². The first-order valence-electron chi connectivity index (χ1n) is 16.7. The van der Waals surface area contributed by atoms with Gasteiger partial charge in [0.2, 0.25) is 0 Å². The highest BCUT2D eigenvalue weighted by Crippen LogP contribution is 2.85. The van der Waals surface area contributed by atoms with E-state index in [2.05, 4.69) is 34.6 Å². The number of hydrogen-bond donors (Lipinski definition) is 4. The normalized spacial score (nSPS) is 50.1. The molecule has 1 amide bonds. The van der Waals surface area contributed by atoms with Crippen molar-refractivity contribution in [3.63, 3.8) is 0 Å². The highest BCUT2D eigenvalue weighted by molar-refractivity contribution is 5.68. The molecule has 6 rings (SSSR count). The standard InChI is InChI=1S/C33H57N3O5/c1-19(2)26(41-28(39)36-14-7-15-36)21-16-20(3)17-22(40-21)27(38)33(35)24-9-8-23-29(4,5)25(37)10-11-31(23)18-32(24,31)13-12-30(33,6)34/h19-27,37-38H,7-18,34-35H2,1-6H3. The molecule has 0 bridgehead atoms. The summed E-state index contributed by atoms with van der Waals surface area (Å²) in [5.41, 5.74) is 13.1. The second kappa shape index (κ2) is 9.79. The van der Waals surface area contributed by atoms with Crippen molar-refractivity contribution in [1.29, 1.82) is 0 Å². The van der Waals surface area contributed by atoms with Gasteiger partial charge in [-0.15, -0.1) is 0 Å². The van der Waals surface area contributed by atoms with E-state index in [1.54, 1.807) is 4.90 Å². The Morgan fingerprint density at radius 1 is 0.976 bits per heavy atom. The van der Waals surface area contributed by atoms with Crippen LogP contribution in [0.4, 0.5) is 4.79 Å². The third-order valence-corrected chi connectivity index (χ3v) is 13.7. The second-order valence-electron chi connectivity index (χ2n) is 16.6. The quantitative estimate of drug-likeness (QED) is 0.387. The Bertz CT molecular complexity index is 1030. The Kier molecular flexibility index (Phi) is 7.19. The van der Waals surface area contributed by atoms with Crippen molar-refractivity contribution < 1.29 is 24.5 Å². The predicted octanol–water partition coefficient (Wildman–Crippen LogP) is 4.19. The molecule has 0 aromatic rings. The molecule has 12 unspecified atom stereocenters. The van der Waals surface area contributed by atoms with Crippen LogP contribution in [0, 0.1) is 39.9 Å². The lowest BCUT2D eigenvalue weighted by molar-refractivity contribution is -0.203. The van der Waals surface area contributed by atoms with E-state index in [4.69, 9.17) is 20.9 Å². The number of nitrogens with two attached hydrogens (primary N) is 2. The summed E-state index contributed by atoms with van der Waals surface area (Å²) in [6.07, 6.45) is 6.74. The van der Waals surface area contributed by atoms with E-state index in [-0.39, 0.29) is 52.5 Å². The molecule has 6 N–H and O–H groups in total. The van der Waals surface area contributed by atoms with Gasteiger partial charge < -0.3 is 36.1 Å². The molecule has 2 spiro atoms. The maximum atomic E-state index is 12.8. The summed E-state index contributed by atoms with van der Waals surface area (Å²) in [6.45, 7) is 14.4. The smallest absolute Gasteiger partial charge is 0.410 e. The molecule has 0 aromatic carbocycles. The number of ether oxygens (including phenoxy) is 2. The first-order valence-corrected chi connectivity index (χ1v) is 16.7. The van der Waals surface area contributed by atoms with Crippen LogP contribution < -0.4 is 11.5 Å². The molecule has 8 heteroatoms. The largest absolute Gasteiger partial charge is 0.443 e. The summed E-state index contributed by atoms with van der Waals surface area (Å²) in [5, 5.41) is 23.3. The van der Waals surface area contributed by atoms with E-state index >= 15 is 0 Å². The maximum absolute atomic E-state index is 12.8. The molecule has 6 fully saturated rings. The van der Waals surface area contributed by atoms with Crippen molar-refractivity contribution in [2.45, 2.75) is 147 Å². The van der Waals surface area contributed by atoms with E-state index < -0.39 is 23.3 Å². The van der Waals surface area contributed by atoms with Crippen LogP contribution in [0.1, 0.15) is 106 Å². The number of likely N-dealkylation sites (tertiary alicyclic amines) is 1. The number of rotatable bonds is 5. The molecular weight excluding hydrogens is 518 g/mol. The highest BCUT2D eigenvalue weighted by Gasteiger charge is 2.82. The Balaban J connectivity index is 1.27. The molecule has 2 heterocycles. The van der Waals surface area contributed by atoms with E-state index in [0.29, 0.717) is 18.3 Å². The zero-order valence-corrected chi connectivity index (χ0v) is 26.4. The van der Waals surface area contributed by atoms with Gasteiger partial charge in [0, 0.05) is 18.6 Å². The first-order chi connectivity index (χ1) is 19.1. The average Bonchev–Trinajstić information content (AvgIpc) is 3.54. The number of nitrogens with zero attached hydrogens (tertiary/aromatic N) is 1. The maximum Gasteiger partial charge on any atom is 0.410 e. The van der Waals surface area contributed by atoms with Gasteiger partial charge in [-0.1, -0.05) is 34.6 Å². The Morgan fingerprint density at radius 3 is 2.24 bits per heavy atom. The number of carbonyl (C=O) groups excluding carboxylic acids is 1. The molecule has 0 aromatic heterocycles. The summed E-state index contributed by atoms with van der Waals surface area (Å²) >= 11 is 0. The predicted molar refractivity (Wildman–Crippen MR) is 158 cm³/mol. The van der Waals surface area contributed by atoms with Crippen LogP contribution in [0.25, 0.3) is 0 Å². The van der Waals surface area contributed by atoms with E-state index in [9.17, 15) is 15.0 Å². The molecular formula is C33H57N3O5. The minimum Gasteiger partial charge on any atom is -0.443 e. The van der Waals surface area contributed by atoms with Gasteiger partial charge in [-0.25, -0.2) is 4.79 Å². The van der Waals surface area contributed by atoms with Gasteiger partial charge in [-0.05, 0) is 111 Å². The van der Waals surface area contributed by atoms with Crippen LogP contribution in [0.15, 0.2) is 0 Å². The fourth-order valence-corrected chi connectivity index (χ4v) is 11.1. The minimum absolute atomic E-state index is 0.0782. The van der Waals surface area contributed by atoms with Gasteiger partial charge >= 0.3 is 6.09 Å². The van der Waals surface area contributed by atoms with Gasteiger partial charge in [0.05, 0.1) is 23.9 Å². The molecule has 2 aliphatic heterocycles. The SMILES string of the molecule is CC1CC(C(OC(=O)N2CCC2)C(C)C)OC(C(O)C2(N)C3CCC4C(C)(C)C(O)CCC45CC35CCC2(C)N)C1. The number of hydrogen-bond acceptors (Lipinski definition) is 7. The monoisotopic (exact) mass is 575 g/mol. The lowest BCUT2D eigenvalue weighted by Gasteiger charge is -2.64. The van der Waals surface area contributed by atoms with Crippen LogP contribution in [0.5, 0.6) is 0 Å². The fraction of sp³-hybridized carbons (Fsp3) is 0.970. The third-order valence-electron chi connectivity index (χ3n) is 13.7. The van der Waals surface area contributed by atoms with E-state index in [1.807, 2.05) is 6.92 Å². The summed E-state index contributed by atoms with van der Waals surface area (Å²) < 4.78 is 12.8. The molecule has 4 aliphatic carbocycles. The number of amides is 1. The molecule has 2 saturated heterocycles. The number of carbonyl (C=O) groups is 1. The van der Waals surface area contributed by atoms with E-state index in [1.165, 1.54) is 0 Å².